The van der Waals surface area contributed by atoms with Crippen molar-refractivity contribution in [3.8, 4) is 0 Å². The summed E-state index contributed by atoms with van der Waals surface area (Å²) in [5.41, 5.74) is 3.15. The van der Waals surface area contributed by atoms with Crippen LogP contribution < -0.4 is 0 Å². The molecule has 0 spiro atoms. The molecule has 0 amide bonds. The molecular formula is C17H24N2. The highest BCUT2D eigenvalue weighted by molar-refractivity contribution is 5.30. The summed E-state index contributed by atoms with van der Waals surface area (Å²) in [6.07, 6.45) is 8.50. The van der Waals surface area contributed by atoms with Crippen molar-refractivity contribution in [2.45, 2.75) is 57.2 Å². The zero-order valence-electron chi connectivity index (χ0n) is 11.7. The van der Waals surface area contributed by atoms with Crippen molar-refractivity contribution in [1.29, 1.82) is 0 Å². The summed E-state index contributed by atoms with van der Waals surface area (Å²) < 4.78 is 0. The highest BCUT2D eigenvalue weighted by Crippen LogP contribution is 2.31. The van der Waals surface area contributed by atoms with Gasteiger partial charge in [0, 0.05) is 25.2 Å². The number of rotatable bonds is 1. The van der Waals surface area contributed by atoms with Gasteiger partial charge in [0.25, 0.3) is 0 Å². The maximum Gasteiger partial charge on any atom is 0.0516 e. The first-order valence-electron chi connectivity index (χ1n) is 7.95. The van der Waals surface area contributed by atoms with Crippen molar-refractivity contribution in [1.82, 2.24) is 9.80 Å². The first-order chi connectivity index (χ1) is 9.40. The Morgan fingerprint density at radius 1 is 0.842 bits per heavy atom. The van der Waals surface area contributed by atoms with Crippen molar-refractivity contribution in [2.24, 2.45) is 0 Å². The van der Waals surface area contributed by atoms with E-state index in [9.17, 15) is 0 Å². The molecule has 102 valence electrons. The number of hydrogen-bond acceptors (Lipinski definition) is 2. The third-order valence-corrected chi connectivity index (χ3v) is 5.36. The minimum Gasteiger partial charge on any atom is -0.286 e. The quantitative estimate of drug-likeness (QED) is 0.762. The first-order valence-corrected chi connectivity index (χ1v) is 7.95. The Bertz CT molecular complexity index is 417. The molecule has 1 aliphatic carbocycles. The standard InChI is InChI=1S/C17H24N2/c1-2-8-16(9-3-1)19-12-17-10-14-6-4-5-7-15(14)11-18(17)13-19/h4-7,16-17H,1-3,8-13H2/t17-/m0/s1. The van der Waals surface area contributed by atoms with E-state index >= 15 is 0 Å². The summed E-state index contributed by atoms with van der Waals surface area (Å²) in [6.45, 7) is 3.69. The van der Waals surface area contributed by atoms with Gasteiger partial charge in [-0.1, -0.05) is 43.5 Å². The van der Waals surface area contributed by atoms with Crippen LogP contribution in [0.25, 0.3) is 0 Å². The van der Waals surface area contributed by atoms with Crippen LogP contribution in [0.2, 0.25) is 0 Å². The van der Waals surface area contributed by atoms with Gasteiger partial charge in [-0.2, -0.15) is 0 Å². The lowest BCUT2D eigenvalue weighted by Crippen LogP contribution is -2.36. The van der Waals surface area contributed by atoms with E-state index in [0.29, 0.717) is 0 Å². The molecule has 0 bridgehead atoms. The van der Waals surface area contributed by atoms with Gasteiger partial charge in [0.2, 0.25) is 0 Å². The van der Waals surface area contributed by atoms with Crippen LogP contribution in [-0.4, -0.2) is 35.1 Å². The lowest BCUT2D eigenvalue weighted by molar-refractivity contribution is 0.149. The molecule has 1 atom stereocenters. The molecule has 1 aromatic rings. The molecule has 4 rings (SSSR count). The fraction of sp³-hybridized carbons (Fsp3) is 0.647. The van der Waals surface area contributed by atoms with Crippen LogP contribution in [0.15, 0.2) is 24.3 Å². The maximum absolute atomic E-state index is 2.77. The fourth-order valence-corrected chi connectivity index (χ4v) is 4.26. The Hall–Kier alpha value is -0.860. The van der Waals surface area contributed by atoms with E-state index in [1.165, 1.54) is 58.3 Å². The lowest BCUT2D eigenvalue weighted by Gasteiger charge is -2.31. The Labute approximate surface area is 116 Å². The molecule has 0 unspecified atom stereocenters. The fourth-order valence-electron chi connectivity index (χ4n) is 4.26. The molecular weight excluding hydrogens is 232 g/mol. The summed E-state index contributed by atoms with van der Waals surface area (Å²) >= 11 is 0. The normalized spacial score (nSPS) is 29.2. The van der Waals surface area contributed by atoms with E-state index < -0.39 is 0 Å². The Kier molecular flexibility index (Phi) is 3.08. The molecule has 0 aromatic heterocycles. The molecule has 0 radical (unpaired) electrons. The van der Waals surface area contributed by atoms with Crippen LogP contribution in [0.1, 0.15) is 43.2 Å². The Morgan fingerprint density at radius 3 is 2.47 bits per heavy atom. The molecule has 19 heavy (non-hydrogen) atoms. The Morgan fingerprint density at radius 2 is 1.63 bits per heavy atom. The number of hydrogen-bond donors (Lipinski definition) is 0. The lowest BCUT2D eigenvalue weighted by atomic mass is 9.93. The second-order valence-corrected chi connectivity index (χ2v) is 6.58. The van der Waals surface area contributed by atoms with E-state index in [0.717, 1.165) is 12.1 Å². The van der Waals surface area contributed by atoms with E-state index in [1.54, 1.807) is 11.1 Å². The van der Waals surface area contributed by atoms with Crippen LogP contribution in [0.4, 0.5) is 0 Å². The SMILES string of the molecule is c1ccc2c(c1)C[C@H]1CN(C3CCCCC3)CN1C2. The third kappa shape index (κ3) is 2.21. The average molecular weight is 256 g/mol. The van der Waals surface area contributed by atoms with E-state index in [1.807, 2.05) is 0 Å². The van der Waals surface area contributed by atoms with Gasteiger partial charge in [0.05, 0.1) is 6.67 Å². The average Bonchev–Trinajstić information content (AvgIpc) is 2.88. The van der Waals surface area contributed by atoms with Crippen molar-refractivity contribution >= 4 is 0 Å². The number of nitrogens with zero attached hydrogens (tertiary/aromatic N) is 2. The van der Waals surface area contributed by atoms with E-state index in [4.69, 9.17) is 0 Å². The Balaban J connectivity index is 1.48. The summed E-state index contributed by atoms with van der Waals surface area (Å²) in [6, 6.07) is 10.7. The summed E-state index contributed by atoms with van der Waals surface area (Å²) in [5.74, 6) is 0. The van der Waals surface area contributed by atoms with Gasteiger partial charge in [0.15, 0.2) is 0 Å². The molecule has 2 heterocycles. The minimum absolute atomic E-state index is 0.775. The summed E-state index contributed by atoms with van der Waals surface area (Å²) in [4.78, 5) is 5.48. The van der Waals surface area contributed by atoms with Crippen molar-refractivity contribution in [2.75, 3.05) is 13.2 Å². The van der Waals surface area contributed by atoms with E-state index in [2.05, 4.69) is 34.1 Å². The first kappa shape index (κ1) is 11.9. The molecule has 2 nitrogen and oxygen atoms in total. The molecule has 2 heteroatoms. The molecule has 1 aromatic carbocycles. The van der Waals surface area contributed by atoms with Crippen LogP contribution in [0.5, 0.6) is 0 Å². The number of fused-ring (bicyclic) bond motifs is 2. The van der Waals surface area contributed by atoms with Gasteiger partial charge in [-0.25, -0.2) is 0 Å². The predicted octanol–water partition coefficient (Wildman–Crippen LogP) is 3.02. The van der Waals surface area contributed by atoms with Crippen LogP contribution in [0.3, 0.4) is 0 Å². The molecule has 1 saturated heterocycles. The van der Waals surface area contributed by atoms with E-state index in [-0.39, 0.29) is 0 Å². The monoisotopic (exact) mass is 256 g/mol. The summed E-state index contributed by atoms with van der Waals surface area (Å²) in [5, 5.41) is 0. The second-order valence-electron chi connectivity index (χ2n) is 6.58. The van der Waals surface area contributed by atoms with Gasteiger partial charge >= 0.3 is 0 Å². The minimum atomic E-state index is 0.775. The topological polar surface area (TPSA) is 6.48 Å². The number of benzene rings is 1. The van der Waals surface area contributed by atoms with Gasteiger partial charge in [-0.05, 0) is 30.4 Å². The van der Waals surface area contributed by atoms with Gasteiger partial charge in [-0.3, -0.25) is 9.80 Å². The molecule has 0 N–H and O–H groups in total. The summed E-state index contributed by atoms with van der Waals surface area (Å²) in [7, 11) is 0. The third-order valence-electron chi connectivity index (χ3n) is 5.36. The second kappa shape index (κ2) is 4.92. The smallest absolute Gasteiger partial charge is 0.0516 e. The zero-order chi connectivity index (χ0) is 12.7. The van der Waals surface area contributed by atoms with Crippen molar-refractivity contribution in [3.05, 3.63) is 35.4 Å². The van der Waals surface area contributed by atoms with Gasteiger partial charge in [-0.15, -0.1) is 0 Å². The molecule has 1 saturated carbocycles. The predicted molar refractivity (Wildman–Crippen MR) is 77.9 cm³/mol. The molecule has 2 aliphatic heterocycles. The highest BCUT2D eigenvalue weighted by Gasteiger charge is 2.36. The van der Waals surface area contributed by atoms with Crippen LogP contribution in [0, 0.1) is 0 Å². The maximum atomic E-state index is 2.77. The van der Waals surface area contributed by atoms with Crippen molar-refractivity contribution in [3.63, 3.8) is 0 Å². The van der Waals surface area contributed by atoms with Gasteiger partial charge in [0.1, 0.15) is 0 Å². The van der Waals surface area contributed by atoms with Gasteiger partial charge < -0.3 is 0 Å². The van der Waals surface area contributed by atoms with Crippen molar-refractivity contribution < 1.29 is 0 Å². The zero-order valence-corrected chi connectivity index (χ0v) is 11.7. The van der Waals surface area contributed by atoms with Crippen LogP contribution >= 0.6 is 0 Å². The molecule has 3 aliphatic rings. The molecule has 2 fully saturated rings. The highest BCUT2D eigenvalue weighted by atomic mass is 15.4. The van der Waals surface area contributed by atoms with Crippen LogP contribution in [-0.2, 0) is 13.0 Å². The largest absolute Gasteiger partial charge is 0.286 e.